The molecular weight excluding hydrogens is 293 g/mol. The number of aromatic nitrogens is 2. The highest BCUT2D eigenvalue weighted by Gasteiger charge is 2.30. The number of fused-ring (bicyclic) bond motifs is 1. The summed E-state index contributed by atoms with van der Waals surface area (Å²) in [5.74, 6) is 0.953. The second-order valence-corrected chi connectivity index (χ2v) is 5.74. The lowest BCUT2D eigenvalue weighted by Gasteiger charge is -2.24. The van der Waals surface area contributed by atoms with E-state index < -0.39 is 11.7 Å². The number of rotatable bonds is 3. The first-order valence-electron chi connectivity index (χ1n) is 7.27. The summed E-state index contributed by atoms with van der Waals surface area (Å²) in [6, 6.07) is 5.36. The number of aryl methyl sites for hydroxylation is 1. The van der Waals surface area contributed by atoms with Crippen molar-refractivity contribution in [1.82, 2.24) is 9.55 Å². The van der Waals surface area contributed by atoms with Crippen molar-refractivity contribution in [3.8, 4) is 0 Å². The van der Waals surface area contributed by atoms with E-state index in [9.17, 15) is 18.3 Å². The fourth-order valence-corrected chi connectivity index (χ4v) is 2.91. The van der Waals surface area contributed by atoms with Crippen LogP contribution in [0, 0.1) is 5.92 Å². The molecule has 2 aromatic rings. The highest BCUT2D eigenvalue weighted by molar-refractivity contribution is 5.28. The van der Waals surface area contributed by atoms with E-state index in [1.165, 1.54) is 12.1 Å². The highest BCUT2D eigenvalue weighted by Crippen LogP contribution is 2.30. The highest BCUT2D eigenvalue weighted by atomic mass is 19.4. The van der Waals surface area contributed by atoms with E-state index in [-0.39, 0.29) is 12.5 Å². The number of aliphatic hydroxyl groups excluding tert-OH is 1. The van der Waals surface area contributed by atoms with Gasteiger partial charge in [-0.2, -0.15) is 13.2 Å². The molecule has 0 saturated heterocycles. The number of hydrogen-bond donors (Lipinski definition) is 1. The van der Waals surface area contributed by atoms with E-state index in [0.29, 0.717) is 18.5 Å². The third kappa shape index (κ3) is 3.02. The molecule has 0 aliphatic carbocycles. The van der Waals surface area contributed by atoms with Gasteiger partial charge in [-0.1, -0.05) is 18.2 Å². The van der Waals surface area contributed by atoms with Crippen LogP contribution in [0.1, 0.15) is 29.1 Å². The summed E-state index contributed by atoms with van der Waals surface area (Å²) in [6.07, 6.45) is -0.408. The predicted octanol–water partition coefficient (Wildman–Crippen LogP) is 3.05. The van der Waals surface area contributed by atoms with Crippen molar-refractivity contribution in [3.05, 3.63) is 53.1 Å². The fourth-order valence-electron chi connectivity index (χ4n) is 2.91. The Kier molecular flexibility index (Phi) is 3.95. The number of aliphatic hydroxyl groups is 1. The summed E-state index contributed by atoms with van der Waals surface area (Å²) in [7, 11) is 0. The van der Waals surface area contributed by atoms with Crippen LogP contribution in [-0.4, -0.2) is 21.3 Å². The minimum atomic E-state index is -4.33. The smallest absolute Gasteiger partial charge is 0.396 e. The molecule has 0 spiro atoms. The van der Waals surface area contributed by atoms with E-state index in [4.69, 9.17) is 0 Å². The molecule has 1 aliphatic rings. The molecule has 3 nitrogen and oxygen atoms in total. The zero-order valence-electron chi connectivity index (χ0n) is 12.0. The standard InChI is InChI=1S/C16H17F3N2O/c17-16(18,19)13-3-1-2-11(6-13)7-15-20-8-14-5-4-12(10-22)9-21(14)15/h1-3,6,8,12,22H,4-5,7,9-10H2. The van der Waals surface area contributed by atoms with Gasteiger partial charge in [0.15, 0.2) is 0 Å². The second kappa shape index (κ2) is 5.76. The number of imidazole rings is 1. The molecule has 118 valence electrons. The number of benzene rings is 1. The lowest BCUT2D eigenvalue weighted by Crippen LogP contribution is -2.24. The van der Waals surface area contributed by atoms with Gasteiger partial charge in [0.2, 0.25) is 0 Å². The summed E-state index contributed by atoms with van der Waals surface area (Å²) < 4.78 is 40.3. The predicted molar refractivity (Wildman–Crippen MR) is 75.4 cm³/mol. The van der Waals surface area contributed by atoms with Crippen LogP contribution in [0.2, 0.25) is 0 Å². The Labute approximate surface area is 126 Å². The Balaban J connectivity index is 1.84. The lowest BCUT2D eigenvalue weighted by molar-refractivity contribution is -0.137. The summed E-state index contributed by atoms with van der Waals surface area (Å²) in [6.45, 7) is 0.806. The Morgan fingerprint density at radius 1 is 1.32 bits per heavy atom. The molecule has 1 unspecified atom stereocenters. The lowest BCUT2D eigenvalue weighted by atomic mass is 9.99. The molecule has 1 atom stereocenters. The van der Waals surface area contributed by atoms with E-state index in [1.54, 1.807) is 12.3 Å². The fraction of sp³-hybridized carbons (Fsp3) is 0.438. The normalized spacial score (nSPS) is 18.3. The molecule has 1 aromatic heterocycles. The minimum Gasteiger partial charge on any atom is -0.396 e. The largest absolute Gasteiger partial charge is 0.416 e. The minimum absolute atomic E-state index is 0.126. The van der Waals surface area contributed by atoms with Crippen LogP contribution in [-0.2, 0) is 25.6 Å². The third-order valence-corrected chi connectivity index (χ3v) is 4.15. The number of halogens is 3. The molecule has 2 heterocycles. The average molecular weight is 310 g/mol. The molecular formula is C16H17F3N2O. The quantitative estimate of drug-likeness (QED) is 0.946. The van der Waals surface area contributed by atoms with Gasteiger partial charge in [-0.25, -0.2) is 4.98 Å². The number of nitrogens with zero attached hydrogens (tertiary/aromatic N) is 2. The Morgan fingerprint density at radius 2 is 2.14 bits per heavy atom. The summed E-state index contributed by atoms with van der Waals surface area (Å²) in [5, 5.41) is 9.30. The van der Waals surface area contributed by atoms with Gasteiger partial charge >= 0.3 is 6.18 Å². The molecule has 1 aliphatic heterocycles. The van der Waals surface area contributed by atoms with Gasteiger partial charge in [0, 0.05) is 37.4 Å². The summed E-state index contributed by atoms with van der Waals surface area (Å²) in [4.78, 5) is 4.35. The van der Waals surface area contributed by atoms with Gasteiger partial charge in [0.1, 0.15) is 5.82 Å². The summed E-state index contributed by atoms with van der Waals surface area (Å²) >= 11 is 0. The van der Waals surface area contributed by atoms with Gasteiger partial charge in [0.25, 0.3) is 0 Å². The van der Waals surface area contributed by atoms with Crippen molar-refractivity contribution in [3.63, 3.8) is 0 Å². The first kappa shape index (κ1) is 15.1. The number of alkyl halides is 3. The van der Waals surface area contributed by atoms with Gasteiger partial charge in [-0.15, -0.1) is 0 Å². The molecule has 1 N–H and O–H groups in total. The molecule has 0 radical (unpaired) electrons. The first-order valence-corrected chi connectivity index (χ1v) is 7.27. The zero-order chi connectivity index (χ0) is 15.7. The van der Waals surface area contributed by atoms with Crippen LogP contribution in [0.3, 0.4) is 0 Å². The number of hydrogen-bond acceptors (Lipinski definition) is 2. The van der Waals surface area contributed by atoms with Crippen molar-refractivity contribution in [1.29, 1.82) is 0 Å². The van der Waals surface area contributed by atoms with Crippen molar-refractivity contribution in [2.45, 2.75) is 32.0 Å². The molecule has 3 rings (SSSR count). The van der Waals surface area contributed by atoms with Gasteiger partial charge in [-0.3, -0.25) is 0 Å². The zero-order valence-corrected chi connectivity index (χ0v) is 12.0. The molecule has 1 aromatic carbocycles. The van der Waals surface area contributed by atoms with Crippen LogP contribution in [0.25, 0.3) is 0 Å². The van der Waals surface area contributed by atoms with Crippen LogP contribution < -0.4 is 0 Å². The van der Waals surface area contributed by atoms with Crippen molar-refractivity contribution in [2.24, 2.45) is 5.92 Å². The Morgan fingerprint density at radius 3 is 2.86 bits per heavy atom. The van der Waals surface area contributed by atoms with E-state index in [0.717, 1.165) is 30.4 Å². The molecule has 22 heavy (non-hydrogen) atoms. The first-order chi connectivity index (χ1) is 10.5. The second-order valence-electron chi connectivity index (χ2n) is 5.74. The van der Waals surface area contributed by atoms with E-state index in [1.807, 2.05) is 4.57 Å². The monoisotopic (exact) mass is 310 g/mol. The third-order valence-electron chi connectivity index (χ3n) is 4.15. The van der Waals surface area contributed by atoms with Gasteiger partial charge < -0.3 is 9.67 Å². The van der Waals surface area contributed by atoms with Gasteiger partial charge in [0.05, 0.1) is 5.56 Å². The average Bonchev–Trinajstić information content (AvgIpc) is 2.89. The maximum Gasteiger partial charge on any atom is 0.416 e. The van der Waals surface area contributed by atoms with Gasteiger partial charge in [-0.05, 0) is 24.5 Å². The molecule has 6 heteroatoms. The van der Waals surface area contributed by atoms with Crippen LogP contribution in [0.15, 0.2) is 30.5 Å². The Bertz CT molecular complexity index is 664. The van der Waals surface area contributed by atoms with E-state index >= 15 is 0 Å². The van der Waals surface area contributed by atoms with Crippen LogP contribution in [0.4, 0.5) is 13.2 Å². The van der Waals surface area contributed by atoms with Crippen molar-refractivity contribution < 1.29 is 18.3 Å². The Hall–Kier alpha value is -1.82. The molecule has 0 amide bonds. The van der Waals surface area contributed by atoms with Crippen LogP contribution in [0.5, 0.6) is 0 Å². The van der Waals surface area contributed by atoms with Crippen LogP contribution >= 0.6 is 0 Å². The molecule has 0 saturated carbocycles. The molecule has 0 bridgehead atoms. The van der Waals surface area contributed by atoms with Crippen molar-refractivity contribution >= 4 is 0 Å². The summed E-state index contributed by atoms with van der Waals surface area (Å²) in [5.41, 5.74) is 1.05. The van der Waals surface area contributed by atoms with Crippen molar-refractivity contribution in [2.75, 3.05) is 6.61 Å². The maximum absolute atomic E-state index is 12.8. The topological polar surface area (TPSA) is 38.1 Å². The maximum atomic E-state index is 12.8. The molecule has 0 fully saturated rings. The SMILES string of the molecule is OCC1CCc2cnc(Cc3cccc(C(F)(F)F)c3)n2C1. The van der Waals surface area contributed by atoms with E-state index in [2.05, 4.69) is 4.98 Å².